The van der Waals surface area contributed by atoms with E-state index in [4.69, 9.17) is 9.47 Å². The van der Waals surface area contributed by atoms with Crippen LogP contribution in [0.25, 0.3) is 0 Å². The average molecular weight is 258 g/mol. The summed E-state index contributed by atoms with van der Waals surface area (Å²) in [7, 11) is 0. The van der Waals surface area contributed by atoms with Gasteiger partial charge in [-0.1, -0.05) is 13.8 Å². The maximum Gasteiger partial charge on any atom is 0.170 e. The Morgan fingerprint density at radius 3 is 2.28 bits per heavy atom. The van der Waals surface area contributed by atoms with Crippen molar-refractivity contribution in [3.63, 3.8) is 0 Å². The van der Waals surface area contributed by atoms with Gasteiger partial charge in [-0.15, -0.1) is 0 Å². The second kappa shape index (κ2) is 8.86. The van der Waals surface area contributed by atoms with Crippen LogP contribution in [0.15, 0.2) is 0 Å². The molecule has 0 aromatic rings. The molecular formula is C14H30N2O2. The minimum Gasteiger partial charge on any atom is -0.352 e. The second-order valence-corrected chi connectivity index (χ2v) is 4.87. The molecule has 0 radical (unpaired) electrons. The highest BCUT2D eigenvalue weighted by atomic mass is 16.7. The summed E-state index contributed by atoms with van der Waals surface area (Å²) >= 11 is 0. The Labute approximate surface area is 112 Å². The smallest absolute Gasteiger partial charge is 0.170 e. The molecule has 2 atom stereocenters. The fraction of sp³-hybridized carbons (Fsp3) is 1.00. The van der Waals surface area contributed by atoms with E-state index in [1.54, 1.807) is 0 Å². The van der Waals surface area contributed by atoms with Crippen LogP contribution in [0.1, 0.15) is 40.5 Å². The van der Waals surface area contributed by atoms with Gasteiger partial charge in [0, 0.05) is 44.9 Å². The summed E-state index contributed by atoms with van der Waals surface area (Å²) in [5.74, 6) is 0. The predicted molar refractivity (Wildman–Crippen MR) is 74.8 cm³/mol. The van der Waals surface area contributed by atoms with Crippen LogP contribution in [0, 0.1) is 0 Å². The predicted octanol–water partition coefficient (Wildman–Crippen LogP) is 1.85. The molecule has 1 aliphatic rings. The lowest BCUT2D eigenvalue weighted by Gasteiger charge is -2.41. The van der Waals surface area contributed by atoms with E-state index in [2.05, 4.69) is 24.1 Å². The van der Waals surface area contributed by atoms with Gasteiger partial charge in [-0.2, -0.15) is 0 Å². The molecule has 0 aliphatic carbocycles. The van der Waals surface area contributed by atoms with Crippen LogP contribution >= 0.6 is 0 Å². The first kappa shape index (κ1) is 15.9. The van der Waals surface area contributed by atoms with Crippen LogP contribution in [-0.2, 0) is 9.47 Å². The molecule has 4 nitrogen and oxygen atoms in total. The minimum atomic E-state index is -0.0790. The summed E-state index contributed by atoms with van der Waals surface area (Å²) in [6.07, 6.45) is 2.28. The Bertz CT molecular complexity index is 208. The van der Waals surface area contributed by atoms with Gasteiger partial charge in [0.15, 0.2) is 6.29 Å². The van der Waals surface area contributed by atoms with Gasteiger partial charge in [0.2, 0.25) is 0 Å². The highest BCUT2D eigenvalue weighted by Gasteiger charge is 2.28. The Hall–Kier alpha value is -0.160. The number of ether oxygens (including phenoxy) is 2. The first-order valence-corrected chi connectivity index (χ1v) is 7.45. The van der Waals surface area contributed by atoms with Gasteiger partial charge in [-0.25, -0.2) is 0 Å². The lowest BCUT2D eigenvalue weighted by molar-refractivity contribution is -0.153. The number of hydrogen-bond donors (Lipinski definition) is 1. The maximum absolute atomic E-state index is 5.66. The quantitative estimate of drug-likeness (QED) is 0.674. The van der Waals surface area contributed by atoms with Crippen LogP contribution in [0.3, 0.4) is 0 Å². The number of nitrogens with zero attached hydrogens (tertiary/aromatic N) is 1. The largest absolute Gasteiger partial charge is 0.352 e. The Balaban J connectivity index is 2.52. The maximum atomic E-state index is 5.66. The normalized spacial score (nSPS) is 25.8. The van der Waals surface area contributed by atoms with Crippen molar-refractivity contribution >= 4 is 0 Å². The van der Waals surface area contributed by atoms with E-state index in [0.717, 1.165) is 19.6 Å². The van der Waals surface area contributed by atoms with E-state index in [1.807, 2.05) is 13.8 Å². The molecule has 108 valence electrons. The second-order valence-electron chi connectivity index (χ2n) is 4.87. The molecule has 1 fully saturated rings. The molecule has 0 amide bonds. The molecule has 0 aromatic carbocycles. The van der Waals surface area contributed by atoms with Crippen molar-refractivity contribution in [3.05, 3.63) is 0 Å². The lowest BCUT2D eigenvalue weighted by atomic mass is 10.1. The minimum absolute atomic E-state index is 0.0790. The van der Waals surface area contributed by atoms with Crippen LogP contribution < -0.4 is 5.32 Å². The third kappa shape index (κ3) is 4.84. The van der Waals surface area contributed by atoms with E-state index in [-0.39, 0.29) is 6.29 Å². The van der Waals surface area contributed by atoms with Crippen molar-refractivity contribution in [3.8, 4) is 0 Å². The highest BCUT2D eigenvalue weighted by Crippen LogP contribution is 2.14. The highest BCUT2D eigenvalue weighted by molar-refractivity contribution is 4.85. The summed E-state index contributed by atoms with van der Waals surface area (Å²) in [4.78, 5) is 2.53. The summed E-state index contributed by atoms with van der Waals surface area (Å²) in [6, 6.07) is 1.22. The molecule has 1 heterocycles. The van der Waals surface area contributed by atoms with Gasteiger partial charge in [0.05, 0.1) is 0 Å². The molecule has 1 aliphatic heterocycles. The van der Waals surface area contributed by atoms with Crippen molar-refractivity contribution < 1.29 is 9.47 Å². The van der Waals surface area contributed by atoms with Gasteiger partial charge in [0.25, 0.3) is 0 Å². The zero-order valence-corrected chi connectivity index (χ0v) is 12.4. The van der Waals surface area contributed by atoms with E-state index in [1.165, 1.54) is 12.8 Å². The fourth-order valence-corrected chi connectivity index (χ4v) is 2.54. The van der Waals surface area contributed by atoms with Crippen LogP contribution in [0.4, 0.5) is 0 Å². The molecule has 1 rings (SSSR count). The molecule has 18 heavy (non-hydrogen) atoms. The summed E-state index contributed by atoms with van der Waals surface area (Å²) in [6.45, 7) is 13.0. The first-order valence-electron chi connectivity index (χ1n) is 7.45. The molecule has 0 aromatic heterocycles. The molecular weight excluding hydrogens is 228 g/mol. The Morgan fingerprint density at radius 1 is 1.11 bits per heavy atom. The zero-order chi connectivity index (χ0) is 13.4. The molecule has 0 spiro atoms. The van der Waals surface area contributed by atoms with Crippen LogP contribution in [0.5, 0.6) is 0 Å². The van der Waals surface area contributed by atoms with Crippen molar-refractivity contribution in [1.82, 2.24) is 10.2 Å². The molecule has 0 saturated carbocycles. The molecule has 1 N–H and O–H groups in total. The number of rotatable bonds is 8. The zero-order valence-electron chi connectivity index (χ0n) is 12.4. The summed E-state index contributed by atoms with van der Waals surface area (Å²) < 4.78 is 11.3. The van der Waals surface area contributed by atoms with Gasteiger partial charge in [0.1, 0.15) is 0 Å². The van der Waals surface area contributed by atoms with Crippen molar-refractivity contribution in [2.24, 2.45) is 0 Å². The third-order valence-electron chi connectivity index (χ3n) is 3.67. The molecule has 1 saturated heterocycles. The van der Waals surface area contributed by atoms with Crippen molar-refractivity contribution in [2.45, 2.75) is 58.9 Å². The third-order valence-corrected chi connectivity index (χ3v) is 3.67. The Morgan fingerprint density at radius 2 is 1.78 bits per heavy atom. The topological polar surface area (TPSA) is 33.7 Å². The lowest BCUT2D eigenvalue weighted by Crippen LogP contribution is -2.57. The van der Waals surface area contributed by atoms with E-state index >= 15 is 0 Å². The SMILES string of the molecule is CCOC(CN1CC(CC)NCC1CC)OCC. The van der Waals surface area contributed by atoms with Crippen molar-refractivity contribution in [1.29, 1.82) is 0 Å². The van der Waals surface area contributed by atoms with Crippen molar-refractivity contribution in [2.75, 3.05) is 32.8 Å². The van der Waals surface area contributed by atoms with E-state index < -0.39 is 0 Å². The van der Waals surface area contributed by atoms with Crippen LogP contribution in [-0.4, -0.2) is 56.1 Å². The number of hydrogen-bond acceptors (Lipinski definition) is 4. The molecule has 4 heteroatoms. The average Bonchev–Trinajstić information content (AvgIpc) is 2.39. The number of nitrogens with one attached hydrogen (secondary N) is 1. The van der Waals surface area contributed by atoms with Gasteiger partial charge in [-0.05, 0) is 26.7 Å². The van der Waals surface area contributed by atoms with Gasteiger partial charge in [-0.3, -0.25) is 4.90 Å². The van der Waals surface area contributed by atoms with Crippen LogP contribution in [0.2, 0.25) is 0 Å². The van der Waals surface area contributed by atoms with Gasteiger partial charge < -0.3 is 14.8 Å². The molecule has 2 unspecified atom stereocenters. The van der Waals surface area contributed by atoms with E-state index in [9.17, 15) is 0 Å². The Kier molecular flexibility index (Phi) is 7.82. The monoisotopic (exact) mass is 258 g/mol. The summed E-state index contributed by atoms with van der Waals surface area (Å²) in [5, 5.41) is 3.61. The number of piperazine rings is 1. The molecule has 0 bridgehead atoms. The standard InChI is InChI=1S/C14H30N2O2/c1-5-12-10-16(13(6-2)9-15-12)11-14(17-7-3)18-8-4/h12-15H,5-11H2,1-4H3. The summed E-state index contributed by atoms with van der Waals surface area (Å²) in [5.41, 5.74) is 0. The van der Waals surface area contributed by atoms with E-state index in [0.29, 0.717) is 25.3 Å². The fourth-order valence-electron chi connectivity index (χ4n) is 2.54. The van der Waals surface area contributed by atoms with Gasteiger partial charge >= 0.3 is 0 Å². The first-order chi connectivity index (χ1) is 8.74.